The standard InChI is InChI=1S/C18H27N3O2/c1-23-13-3-12-21-15-18(8-4-17(21)22)7-2-11-20(14-18)16-5-9-19-10-6-16/h5-6,9-10H,2-4,7-8,11-15H2,1H3/t18-/m1/s1. The van der Waals surface area contributed by atoms with Crippen molar-refractivity contribution in [1.82, 2.24) is 9.88 Å². The summed E-state index contributed by atoms with van der Waals surface area (Å²) < 4.78 is 5.13. The number of ether oxygens (including phenoxy) is 1. The first-order valence-electron chi connectivity index (χ1n) is 8.64. The van der Waals surface area contributed by atoms with Crippen LogP contribution in [0.15, 0.2) is 24.5 Å². The summed E-state index contributed by atoms with van der Waals surface area (Å²) in [5, 5.41) is 0. The van der Waals surface area contributed by atoms with Crippen molar-refractivity contribution in [1.29, 1.82) is 0 Å². The Balaban J connectivity index is 1.67. The van der Waals surface area contributed by atoms with Crippen molar-refractivity contribution in [3.05, 3.63) is 24.5 Å². The summed E-state index contributed by atoms with van der Waals surface area (Å²) in [6, 6.07) is 4.17. The Hall–Kier alpha value is -1.62. The van der Waals surface area contributed by atoms with E-state index >= 15 is 0 Å². The van der Waals surface area contributed by atoms with Crippen LogP contribution in [0.2, 0.25) is 0 Å². The van der Waals surface area contributed by atoms with Crippen LogP contribution in [0.25, 0.3) is 0 Å². The van der Waals surface area contributed by atoms with Crippen molar-refractivity contribution in [2.45, 2.75) is 32.1 Å². The fourth-order valence-electron chi connectivity index (χ4n) is 4.02. The van der Waals surface area contributed by atoms with Gasteiger partial charge in [-0.2, -0.15) is 0 Å². The Morgan fingerprint density at radius 2 is 2.09 bits per heavy atom. The predicted molar refractivity (Wildman–Crippen MR) is 90.4 cm³/mol. The number of hydrogen-bond donors (Lipinski definition) is 0. The summed E-state index contributed by atoms with van der Waals surface area (Å²) >= 11 is 0. The summed E-state index contributed by atoms with van der Waals surface area (Å²) in [6.45, 7) is 4.59. The van der Waals surface area contributed by atoms with E-state index in [0.717, 1.165) is 45.6 Å². The average Bonchev–Trinajstić information content (AvgIpc) is 2.59. The molecular formula is C18H27N3O2. The van der Waals surface area contributed by atoms with Gasteiger partial charge in [0.1, 0.15) is 0 Å². The molecule has 23 heavy (non-hydrogen) atoms. The SMILES string of the molecule is COCCCN1C[C@]2(CCCN(c3ccncc3)C2)CCC1=O. The molecule has 2 saturated heterocycles. The van der Waals surface area contributed by atoms with Crippen LogP contribution >= 0.6 is 0 Å². The molecule has 5 heteroatoms. The molecule has 0 saturated carbocycles. The number of nitrogens with zero attached hydrogens (tertiary/aromatic N) is 3. The number of piperidine rings is 2. The average molecular weight is 317 g/mol. The van der Waals surface area contributed by atoms with Gasteiger partial charge in [0, 0.05) is 69.8 Å². The van der Waals surface area contributed by atoms with Crippen molar-refractivity contribution >= 4 is 11.6 Å². The molecule has 0 unspecified atom stereocenters. The third-order valence-corrected chi connectivity index (χ3v) is 5.21. The Kier molecular flexibility index (Phi) is 5.16. The molecule has 1 atom stereocenters. The molecule has 126 valence electrons. The minimum Gasteiger partial charge on any atom is -0.385 e. The summed E-state index contributed by atoms with van der Waals surface area (Å²) in [6.07, 6.45) is 8.78. The molecule has 5 nitrogen and oxygen atoms in total. The maximum Gasteiger partial charge on any atom is 0.222 e. The van der Waals surface area contributed by atoms with E-state index in [2.05, 4.69) is 26.9 Å². The number of pyridine rings is 1. The van der Waals surface area contributed by atoms with E-state index in [1.165, 1.54) is 18.5 Å². The van der Waals surface area contributed by atoms with Gasteiger partial charge in [0.15, 0.2) is 0 Å². The summed E-state index contributed by atoms with van der Waals surface area (Å²) in [7, 11) is 1.72. The first-order chi connectivity index (χ1) is 11.2. The van der Waals surface area contributed by atoms with E-state index in [1.807, 2.05) is 12.4 Å². The van der Waals surface area contributed by atoms with Gasteiger partial charge in [-0.3, -0.25) is 9.78 Å². The third-order valence-electron chi connectivity index (χ3n) is 5.21. The molecule has 2 fully saturated rings. The number of rotatable bonds is 5. The Bertz CT molecular complexity index is 522. The Morgan fingerprint density at radius 3 is 2.87 bits per heavy atom. The van der Waals surface area contributed by atoms with E-state index in [1.54, 1.807) is 7.11 Å². The highest BCUT2D eigenvalue weighted by Crippen LogP contribution is 2.40. The molecule has 1 aromatic rings. The largest absolute Gasteiger partial charge is 0.385 e. The zero-order valence-corrected chi connectivity index (χ0v) is 14.0. The molecule has 0 bridgehead atoms. The summed E-state index contributed by atoms with van der Waals surface area (Å²) in [4.78, 5) is 20.9. The molecular weight excluding hydrogens is 290 g/mol. The van der Waals surface area contributed by atoms with Crippen molar-refractivity contribution in [2.75, 3.05) is 44.8 Å². The number of anilines is 1. The Morgan fingerprint density at radius 1 is 1.26 bits per heavy atom. The smallest absolute Gasteiger partial charge is 0.222 e. The van der Waals surface area contributed by atoms with Crippen LogP contribution in [-0.4, -0.2) is 55.7 Å². The molecule has 0 aromatic carbocycles. The molecule has 0 aliphatic carbocycles. The maximum absolute atomic E-state index is 12.2. The zero-order valence-electron chi connectivity index (χ0n) is 14.0. The first-order valence-corrected chi connectivity index (χ1v) is 8.64. The maximum atomic E-state index is 12.2. The minimum atomic E-state index is 0.252. The lowest BCUT2D eigenvalue weighted by Gasteiger charge is -2.49. The highest BCUT2D eigenvalue weighted by molar-refractivity contribution is 5.77. The topological polar surface area (TPSA) is 45.7 Å². The molecule has 0 radical (unpaired) electrons. The van der Waals surface area contributed by atoms with Gasteiger partial charge in [0.2, 0.25) is 5.91 Å². The quantitative estimate of drug-likeness (QED) is 0.782. The van der Waals surface area contributed by atoms with Crippen LogP contribution < -0.4 is 4.90 Å². The lowest BCUT2D eigenvalue weighted by Crippen LogP contribution is -2.54. The van der Waals surface area contributed by atoms with Gasteiger partial charge in [0.05, 0.1) is 0 Å². The number of methoxy groups -OCH3 is 1. The van der Waals surface area contributed by atoms with Gasteiger partial charge in [-0.05, 0) is 37.8 Å². The van der Waals surface area contributed by atoms with Crippen LogP contribution in [0, 0.1) is 5.41 Å². The third kappa shape index (κ3) is 3.83. The van der Waals surface area contributed by atoms with Gasteiger partial charge < -0.3 is 14.5 Å². The van der Waals surface area contributed by atoms with Gasteiger partial charge in [-0.15, -0.1) is 0 Å². The highest BCUT2D eigenvalue weighted by Gasteiger charge is 2.41. The first kappa shape index (κ1) is 16.2. The number of likely N-dealkylation sites (tertiary alicyclic amines) is 1. The van der Waals surface area contributed by atoms with E-state index in [-0.39, 0.29) is 5.41 Å². The lowest BCUT2D eigenvalue weighted by molar-refractivity contribution is -0.138. The normalized spacial score (nSPS) is 25.2. The molecule has 1 aromatic heterocycles. The molecule has 2 aliphatic heterocycles. The minimum absolute atomic E-state index is 0.252. The van der Waals surface area contributed by atoms with E-state index in [9.17, 15) is 4.79 Å². The van der Waals surface area contributed by atoms with Crippen LogP contribution in [0.4, 0.5) is 5.69 Å². The molecule has 2 aliphatic rings. The van der Waals surface area contributed by atoms with Gasteiger partial charge in [-0.25, -0.2) is 0 Å². The fraction of sp³-hybridized carbons (Fsp3) is 0.667. The highest BCUT2D eigenvalue weighted by atomic mass is 16.5. The van der Waals surface area contributed by atoms with E-state index in [4.69, 9.17) is 4.74 Å². The van der Waals surface area contributed by atoms with E-state index < -0.39 is 0 Å². The fourth-order valence-corrected chi connectivity index (χ4v) is 4.02. The number of amides is 1. The number of hydrogen-bond acceptors (Lipinski definition) is 4. The molecule has 0 N–H and O–H groups in total. The second kappa shape index (κ2) is 7.30. The van der Waals surface area contributed by atoms with Crippen LogP contribution in [0.5, 0.6) is 0 Å². The second-order valence-corrected chi connectivity index (χ2v) is 6.89. The van der Waals surface area contributed by atoms with Crippen molar-refractivity contribution in [3.63, 3.8) is 0 Å². The van der Waals surface area contributed by atoms with Gasteiger partial charge >= 0.3 is 0 Å². The summed E-state index contributed by atoms with van der Waals surface area (Å²) in [5.74, 6) is 0.313. The van der Waals surface area contributed by atoms with Crippen LogP contribution in [0.3, 0.4) is 0 Å². The van der Waals surface area contributed by atoms with E-state index in [0.29, 0.717) is 12.3 Å². The zero-order chi connectivity index (χ0) is 16.1. The number of carbonyl (C=O) groups is 1. The predicted octanol–water partition coefficient (Wildman–Crippen LogP) is 2.33. The second-order valence-electron chi connectivity index (χ2n) is 6.89. The van der Waals surface area contributed by atoms with Crippen molar-refractivity contribution in [3.8, 4) is 0 Å². The molecule has 1 amide bonds. The number of carbonyl (C=O) groups excluding carboxylic acids is 1. The molecule has 3 rings (SSSR count). The van der Waals surface area contributed by atoms with Gasteiger partial charge in [-0.1, -0.05) is 0 Å². The van der Waals surface area contributed by atoms with Crippen LogP contribution in [-0.2, 0) is 9.53 Å². The molecule has 3 heterocycles. The summed E-state index contributed by atoms with van der Waals surface area (Å²) in [5.41, 5.74) is 1.50. The number of aromatic nitrogens is 1. The lowest BCUT2D eigenvalue weighted by atomic mass is 9.73. The van der Waals surface area contributed by atoms with Crippen molar-refractivity contribution in [2.24, 2.45) is 5.41 Å². The van der Waals surface area contributed by atoms with Crippen LogP contribution in [0.1, 0.15) is 32.1 Å². The van der Waals surface area contributed by atoms with Crippen molar-refractivity contribution < 1.29 is 9.53 Å². The monoisotopic (exact) mass is 317 g/mol. The molecule has 1 spiro atoms. The Labute approximate surface area is 138 Å². The van der Waals surface area contributed by atoms with Gasteiger partial charge in [0.25, 0.3) is 0 Å².